The summed E-state index contributed by atoms with van der Waals surface area (Å²) in [5.41, 5.74) is 1.07. The van der Waals surface area contributed by atoms with Gasteiger partial charge >= 0.3 is 0 Å². The first-order chi connectivity index (χ1) is 14.4. The summed E-state index contributed by atoms with van der Waals surface area (Å²) in [5, 5.41) is 4.77. The fourth-order valence-corrected chi connectivity index (χ4v) is 3.88. The first kappa shape index (κ1) is 20.8. The summed E-state index contributed by atoms with van der Waals surface area (Å²) in [6.07, 6.45) is 0. The van der Waals surface area contributed by atoms with Crippen molar-refractivity contribution >= 4 is 29.1 Å². The van der Waals surface area contributed by atoms with Crippen molar-refractivity contribution in [2.45, 2.75) is 6.54 Å². The Morgan fingerprint density at radius 3 is 2.57 bits per heavy atom. The van der Waals surface area contributed by atoms with Crippen molar-refractivity contribution in [1.82, 2.24) is 15.0 Å². The lowest BCUT2D eigenvalue weighted by Crippen LogP contribution is -2.48. The normalized spacial score (nSPS) is 14.9. The third kappa shape index (κ3) is 4.33. The Bertz CT molecular complexity index is 1080. The van der Waals surface area contributed by atoms with Gasteiger partial charge in [-0.3, -0.25) is 9.69 Å². The molecule has 0 radical (unpaired) electrons. The Balaban J connectivity index is 1.39. The molecule has 1 aromatic heterocycles. The van der Waals surface area contributed by atoms with Gasteiger partial charge in [-0.1, -0.05) is 40.5 Å². The summed E-state index contributed by atoms with van der Waals surface area (Å²) in [6.45, 7) is 2.25. The number of carbonyl (C=O) groups excluding carboxylic acids is 1. The summed E-state index contributed by atoms with van der Waals surface area (Å²) in [7, 11) is 0. The summed E-state index contributed by atoms with van der Waals surface area (Å²) in [4.78, 5) is 16.4. The molecule has 1 aliphatic heterocycles. The van der Waals surface area contributed by atoms with E-state index in [1.54, 1.807) is 35.2 Å². The molecule has 2 aromatic carbocycles. The van der Waals surface area contributed by atoms with Crippen molar-refractivity contribution in [2.75, 3.05) is 26.2 Å². The Labute approximate surface area is 181 Å². The van der Waals surface area contributed by atoms with E-state index in [1.807, 2.05) is 4.90 Å². The van der Waals surface area contributed by atoms with Gasteiger partial charge in [-0.25, -0.2) is 8.78 Å². The number of rotatable bonds is 4. The number of carbonyl (C=O) groups is 1. The zero-order valence-corrected chi connectivity index (χ0v) is 17.3. The lowest BCUT2D eigenvalue weighted by molar-refractivity contribution is 0.0617. The van der Waals surface area contributed by atoms with E-state index in [4.69, 9.17) is 27.7 Å². The maximum atomic E-state index is 13.9. The number of aromatic nitrogens is 1. The Morgan fingerprint density at radius 1 is 1.07 bits per heavy atom. The smallest absolute Gasteiger partial charge is 0.276 e. The van der Waals surface area contributed by atoms with Crippen LogP contribution in [0, 0.1) is 11.6 Å². The molecule has 0 unspecified atom stereocenters. The van der Waals surface area contributed by atoms with Gasteiger partial charge in [0.15, 0.2) is 23.1 Å². The minimum Gasteiger partial charge on any atom is -0.355 e. The second-order valence-corrected chi connectivity index (χ2v) is 7.83. The van der Waals surface area contributed by atoms with Gasteiger partial charge in [0.1, 0.15) is 0 Å². The molecule has 3 aromatic rings. The maximum Gasteiger partial charge on any atom is 0.276 e. The zero-order chi connectivity index (χ0) is 21.3. The van der Waals surface area contributed by atoms with Crippen LogP contribution in [0.5, 0.6) is 0 Å². The van der Waals surface area contributed by atoms with Gasteiger partial charge in [0.05, 0.1) is 5.02 Å². The Kier molecular flexibility index (Phi) is 6.04. The molecule has 30 heavy (non-hydrogen) atoms. The fraction of sp³-hybridized carbons (Fsp3) is 0.238. The van der Waals surface area contributed by atoms with Gasteiger partial charge in [-0.05, 0) is 24.3 Å². The average Bonchev–Trinajstić information content (AvgIpc) is 3.21. The Hall–Kier alpha value is -2.48. The lowest BCUT2D eigenvalue weighted by Gasteiger charge is -2.34. The standard InChI is InChI=1S/C21H17Cl2F2N3O2/c22-14-4-5-15(16(23)10-14)19-11-18(26-30-19)21(29)28-8-6-27(7-9-28)12-13-2-1-3-17(24)20(13)25/h1-5,10-11H,6-9,12H2. The largest absolute Gasteiger partial charge is 0.355 e. The molecule has 0 atom stereocenters. The number of piperazine rings is 1. The van der Waals surface area contributed by atoms with E-state index in [1.165, 1.54) is 6.07 Å². The molecular weight excluding hydrogens is 435 g/mol. The molecular formula is C21H17Cl2F2N3O2. The zero-order valence-electron chi connectivity index (χ0n) is 15.7. The lowest BCUT2D eigenvalue weighted by atomic mass is 10.1. The van der Waals surface area contributed by atoms with Crippen molar-refractivity contribution in [1.29, 1.82) is 0 Å². The van der Waals surface area contributed by atoms with Gasteiger partial charge in [0.2, 0.25) is 0 Å². The van der Waals surface area contributed by atoms with Crippen LogP contribution >= 0.6 is 23.2 Å². The second kappa shape index (κ2) is 8.71. The van der Waals surface area contributed by atoms with Crippen molar-refractivity contribution in [2.24, 2.45) is 0 Å². The van der Waals surface area contributed by atoms with Gasteiger partial charge in [-0.15, -0.1) is 0 Å². The minimum absolute atomic E-state index is 0.181. The van der Waals surface area contributed by atoms with Crippen LogP contribution in [0.1, 0.15) is 16.1 Å². The highest BCUT2D eigenvalue weighted by molar-refractivity contribution is 6.36. The number of benzene rings is 2. The van der Waals surface area contributed by atoms with Crippen LogP contribution in [0.15, 0.2) is 47.0 Å². The summed E-state index contributed by atoms with van der Waals surface area (Å²) in [6, 6.07) is 10.7. The van der Waals surface area contributed by atoms with Gasteiger partial charge in [-0.2, -0.15) is 0 Å². The minimum atomic E-state index is -0.857. The van der Waals surface area contributed by atoms with E-state index in [2.05, 4.69) is 5.16 Å². The van der Waals surface area contributed by atoms with Crippen LogP contribution in [0.25, 0.3) is 11.3 Å². The van der Waals surface area contributed by atoms with Crippen molar-refractivity contribution < 1.29 is 18.1 Å². The summed E-state index contributed by atoms with van der Waals surface area (Å²) in [5.74, 6) is -1.57. The maximum absolute atomic E-state index is 13.9. The van der Waals surface area contributed by atoms with Crippen molar-refractivity contribution in [3.8, 4) is 11.3 Å². The number of nitrogens with zero attached hydrogens (tertiary/aromatic N) is 3. The molecule has 1 aliphatic rings. The summed E-state index contributed by atoms with van der Waals surface area (Å²) >= 11 is 12.1. The molecule has 0 saturated carbocycles. The van der Waals surface area contributed by atoms with Gasteiger partial charge in [0.25, 0.3) is 5.91 Å². The molecule has 156 valence electrons. The van der Waals surface area contributed by atoms with Crippen LogP contribution < -0.4 is 0 Å². The van der Waals surface area contributed by atoms with Crippen LogP contribution in [-0.4, -0.2) is 47.0 Å². The third-order valence-corrected chi connectivity index (χ3v) is 5.56. The van der Waals surface area contributed by atoms with Crippen LogP contribution in [0.4, 0.5) is 8.78 Å². The number of hydrogen-bond donors (Lipinski definition) is 0. The third-order valence-electron chi connectivity index (χ3n) is 5.01. The predicted molar refractivity (Wildman–Crippen MR) is 109 cm³/mol. The molecule has 2 heterocycles. The SMILES string of the molecule is O=C(c1cc(-c2ccc(Cl)cc2Cl)on1)N1CCN(Cc2cccc(F)c2F)CC1. The van der Waals surface area contributed by atoms with Gasteiger partial charge < -0.3 is 9.42 Å². The first-order valence-electron chi connectivity index (χ1n) is 9.29. The average molecular weight is 452 g/mol. The second-order valence-electron chi connectivity index (χ2n) is 6.98. The van der Waals surface area contributed by atoms with Crippen LogP contribution in [-0.2, 0) is 6.54 Å². The highest BCUT2D eigenvalue weighted by Gasteiger charge is 2.25. The molecule has 1 amide bonds. The molecule has 0 aliphatic carbocycles. The van der Waals surface area contributed by atoms with Crippen molar-refractivity contribution in [3.05, 3.63) is 75.4 Å². The van der Waals surface area contributed by atoms with E-state index >= 15 is 0 Å². The highest BCUT2D eigenvalue weighted by Crippen LogP contribution is 2.31. The van der Waals surface area contributed by atoms with E-state index in [9.17, 15) is 13.6 Å². The quantitative estimate of drug-likeness (QED) is 0.566. The number of halogens is 4. The van der Waals surface area contributed by atoms with Crippen LogP contribution in [0.2, 0.25) is 10.0 Å². The first-order valence-corrected chi connectivity index (χ1v) is 10.0. The van der Waals surface area contributed by atoms with E-state index < -0.39 is 11.6 Å². The molecule has 0 spiro atoms. The highest BCUT2D eigenvalue weighted by atomic mass is 35.5. The van der Waals surface area contributed by atoms with E-state index in [0.29, 0.717) is 53.1 Å². The number of amides is 1. The molecule has 0 N–H and O–H groups in total. The molecule has 4 rings (SSSR count). The van der Waals surface area contributed by atoms with Gasteiger partial charge in [0, 0.05) is 54.9 Å². The van der Waals surface area contributed by atoms with Crippen molar-refractivity contribution in [3.63, 3.8) is 0 Å². The topological polar surface area (TPSA) is 49.6 Å². The monoisotopic (exact) mass is 451 g/mol. The summed E-state index contributed by atoms with van der Waals surface area (Å²) < 4.78 is 32.6. The van der Waals surface area contributed by atoms with Crippen LogP contribution in [0.3, 0.4) is 0 Å². The molecule has 1 saturated heterocycles. The molecule has 0 bridgehead atoms. The Morgan fingerprint density at radius 2 is 1.83 bits per heavy atom. The number of hydrogen-bond acceptors (Lipinski definition) is 4. The molecule has 9 heteroatoms. The van der Waals surface area contributed by atoms with E-state index in [-0.39, 0.29) is 18.1 Å². The molecule has 5 nitrogen and oxygen atoms in total. The van der Waals surface area contributed by atoms with E-state index in [0.717, 1.165) is 6.07 Å². The molecule has 1 fully saturated rings. The fourth-order valence-electron chi connectivity index (χ4n) is 3.37. The predicted octanol–water partition coefficient (Wildman–Crippen LogP) is 4.88.